The van der Waals surface area contributed by atoms with Crippen molar-refractivity contribution in [3.63, 3.8) is 0 Å². The summed E-state index contributed by atoms with van der Waals surface area (Å²) in [5, 5.41) is 23.2. The van der Waals surface area contributed by atoms with Gasteiger partial charge in [-0.2, -0.15) is 0 Å². The highest BCUT2D eigenvalue weighted by atomic mass is 32.2. The quantitative estimate of drug-likeness (QED) is 0.633. The fourth-order valence-corrected chi connectivity index (χ4v) is 2.33. The number of nitro groups is 1. The molecule has 0 saturated heterocycles. The van der Waals surface area contributed by atoms with E-state index in [0.717, 1.165) is 30.7 Å². The number of phenolic OH excluding ortho intramolecular Hbond substituents is 1. The van der Waals surface area contributed by atoms with Crippen molar-refractivity contribution in [2.75, 3.05) is 4.72 Å². The lowest BCUT2D eigenvalue weighted by atomic mass is 10.3. The number of benzene rings is 1. The Kier molecular flexibility index (Phi) is 3.09. The Morgan fingerprint density at radius 3 is 2.74 bits per heavy atom. The molecule has 2 rings (SSSR count). The van der Waals surface area contributed by atoms with Gasteiger partial charge in [0.05, 0.1) is 16.0 Å². The minimum atomic E-state index is -4.02. The van der Waals surface area contributed by atoms with Crippen LogP contribution in [0.25, 0.3) is 0 Å². The van der Waals surface area contributed by atoms with E-state index in [1.54, 1.807) is 0 Å². The monoisotopic (exact) mass is 285 g/mol. The highest BCUT2D eigenvalue weighted by molar-refractivity contribution is 7.92. The molecular formula is C9H7N3O6S. The minimum absolute atomic E-state index is 0.0794. The zero-order valence-electron chi connectivity index (χ0n) is 9.18. The Bertz CT molecular complexity index is 710. The molecule has 2 N–H and O–H groups in total. The Morgan fingerprint density at radius 1 is 1.42 bits per heavy atom. The van der Waals surface area contributed by atoms with Gasteiger partial charge in [0.25, 0.3) is 10.0 Å². The van der Waals surface area contributed by atoms with Gasteiger partial charge < -0.3 is 9.63 Å². The molecule has 0 aliphatic rings. The molecule has 0 aliphatic carbocycles. The van der Waals surface area contributed by atoms with Crippen LogP contribution >= 0.6 is 0 Å². The molecule has 0 aliphatic heterocycles. The molecule has 0 unspecified atom stereocenters. The van der Waals surface area contributed by atoms with E-state index in [1.165, 1.54) is 0 Å². The van der Waals surface area contributed by atoms with Gasteiger partial charge in [0.15, 0.2) is 5.75 Å². The summed E-state index contributed by atoms with van der Waals surface area (Å²) in [6.07, 6.45) is 2.19. The maximum Gasteiger partial charge on any atom is 0.312 e. The van der Waals surface area contributed by atoms with Crippen LogP contribution in [-0.4, -0.2) is 23.6 Å². The number of anilines is 1. The number of nitrogens with zero attached hydrogens (tertiary/aromatic N) is 2. The summed E-state index contributed by atoms with van der Waals surface area (Å²) < 4.78 is 30.4. The Hall–Kier alpha value is -2.62. The number of nitrogens with one attached hydrogen (secondary N) is 1. The van der Waals surface area contributed by atoms with Crippen LogP contribution in [0.15, 0.2) is 40.1 Å². The Balaban J connectivity index is 2.41. The maximum atomic E-state index is 11.9. The predicted octanol–water partition coefficient (Wildman–Crippen LogP) is 1.09. The van der Waals surface area contributed by atoms with Gasteiger partial charge in [0.1, 0.15) is 12.0 Å². The molecule has 0 atom stereocenters. The largest absolute Gasteiger partial charge is 0.502 e. The van der Waals surface area contributed by atoms with Gasteiger partial charge in [-0.05, 0) is 12.1 Å². The second kappa shape index (κ2) is 4.57. The molecule has 0 bridgehead atoms. The fraction of sp³-hybridized carbons (Fsp3) is 0. The lowest BCUT2D eigenvalue weighted by Crippen LogP contribution is -2.12. The second-order valence-corrected chi connectivity index (χ2v) is 5.11. The van der Waals surface area contributed by atoms with Crippen molar-refractivity contribution < 1.29 is 23.0 Å². The number of aromatic hydroxyl groups is 1. The standard InChI is InChI=1S/C9H7N3O6S/c13-9-2-1-7(3-8(9)12(14)15)19(16,17)11-6-4-10-18-5-6/h1-5,11,13H. The van der Waals surface area contributed by atoms with Crippen molar-refractivity contribution in [2.45, 2.75) is 4.90 Å². The molecule has 0 fully saturated rings. The van der Waals surface area contributed by atoms with Crippen LogP contribution < -0.4 is 4.72 Å². The van der Waals surface area contributed by atoms with E-state index in [4.69, 9.17) is 0 Å². The Labute approximate surface area is 106 Å². The van der Waals surface area contributed by atoms with Crippen molar-refractivity contribution >= 4 is 21.4 Å². The molecule has 19 heavy (non-hydrogen) atoms. The van der Waals surface area contributed by atoms with Crippen LogP contribution in [0.3, 0.4) is 0 Å². The van der Waals surface area contributed by atoms with Crippen LogP contribution in [-0.2, 0) is 10.0 Å². The van der Waals surface area contributed by atoms with Crippen molar-refractivity contribution in [1.82, 2.24) is 5.16 Å². The number of nitro benzene ring substituents is 1. The molecule has 1 aromatic heterocycles. The molecule has 10 heteroatoms. The number of rotatable bonds is 4. The van der Waals surface area contributed by atoms with Gasteiger partial charge in [0.2, 0.25) is 0 Å². The van der Waals surface area contributed by atoms with Crippen LogP contribution in [0.5, 0.6) is 5.75 Å². The molecule has 1 heterocycles. The summed E-state index contributed by atoms with van der Waals surface area (Å²) in [5.41, 5.74) is -0.621. The molecular weight excluding hydrogens is 278 g/mol. The summed E-state index contributed by atoms with van der Waals surface area (Å²) in [5.74, 6) is -0.617. The van der Waals surface area contributed by atoms with Crippen LogP contribution in [0, 0.1) is 10.1 Å². The molecule has 9 nitrogen and oxygen atoms in total. The van der Waals surface area contributed by atoms with E-state index in [2.05, 4.69) is 14.4 Å². The lowest BCUT2D eigenvalue weighted by Gasteiger charge is -2.05. The fourth-order valence-electron chi connectivity index (χ4n) is 1.29. The van der Waals surface area contributed by atoms with E-state index >= 15 is 0 Å². The third kappa shape index (κ3) is 2.63. The number of sulfonamides is 1. The third-order valence-corrected chi connectivity index (χ3v) is 3.52. The lowest BCUT2D eigenvalue weighted by molar-refractivity contribution is -0.386. The zero-order chi connectivity index (χ0) is 14.0. The van der Waals surface area contributed by atoms with Gasteiger partial charge in [0, 0.05) is 6.07 Å². The molecule has 0 spiro atoms. The molecule has 0 amide bonds. The minimum Gasteiger partial charge on any atom is -0.502 e. The molecule has 0 radical (unpaired) electrons. The summed E-state index contributed by atoms with van der Waals surface area (Å²) in [7, 11) is -4.02. The summed E-state index contributed by atoms with van der Waals surface area (Å²) in [4.78, 5) is 9.38. The van der Waals surface area contributed by atoms with Gasteiger partial charge in [-0.3, -0.25) is 14.8 Å². The maximum absolute atomic E-state index is 11.9. The van der Waals surface area contributed by atoms with Crippen molar-refractivity contribution in [3.8, 4) is 5.75 Å². The van der Waals surface area contributed by atoms with Gasteiger partial charge in [-0.25, -0.2) is 8.42 Å². The number of aromatic nitrogens is 1. The molecule has 2 aromatic rings. The van der Waals surface area contributed by atoms with E-state index in [1.807, 2.05) is 0 Å². The first-order chi connectivity index (χ1) is 8.90. The smallest absolute Gasteiger partial charge is 0.312 e. The van der Waals surface area contributed by atoms with E-state index in [9.17, 15) is 23.6 Å². The highest BCUT2D eigenvalue weighted by Gasteiger charge is 2.21. The van der Waals surface area contributed by atoms with E-state index in [0.29, 0.717) is 0 Å². The Morgan fingerprint density at radius 2 is 2.16 bits per heavy atom. The normalized spacial score (nSPS) is 11.2. The summed E-state index contributed by atoms with van der Waals surface area (Å²) in [6.45, 7) is 0. The van der Waals surface area contributed by atoms with E-state index in [-0.39, 0.29) is 10.6 Å². The third-order valence-electron chi connectivity index (χ3n) is 2.14. The van der Waals surface area contributed by atoms with Crippen LogP contribution in [0.4, 0.5) is 11.4 Å². The van der Waals surface area contributed by atoms with Crippen LogP contribution in [0.1, 0.15) is 0 Å². The van der Waals surface area contributed by atoms with Crippen molar-refractivity contribution in [3.05, 3.63) is 40.8 Å². The number of phenols is 1. The summed E-state index contributed by atoms with van der Waals surface area (Å²) in [6, 6.07) is 2.73. The van der Waals surface area contributed by atoms with Gasteiger partial charge in [-0.1, -0.05) is 5.16 Å². The SMILES string of the molecule is O=[N+]([O-])c1cc(S(=O)(=O)Nc2cnoc2)ccc1O. The van der Waals surface area contributed by atoms with Gasteiger partial charge in [-0.15, -0.1) is 0 Å². The molecule has 100 valence electrons. The van der Waals surface area contributed by atoms with Crippen molar-refractivity contribution in [2.24, 2.45) is 0 Å². The zero-order valence-corrected chi connectivity index (χ0v) is 9.99. The first-order valence-electron chi connectivity index (χ1n) is 4.80. The topological polar surface area (TPSA) is 136 Å². The first kappa shape index (κ1) is 12.8. The van der Waals surface area contributed by atoms with Gasteiger partial charge >= 0.3 is 5.69 Å². The highest BCUT2D eigenvalue weighted by Crippen LogP contribution is 2.28. The first-order valence-corrected chi connectivity index (χ1v) is 6.28. The van der Waals surface area contributed by atoms with E-state index < -0.39 is 26.4 Å². The molecule has 1 aromatic carbocycles. The second-order valence-electron chi connectivity index (χ2n) is 3.43. The number of hydrogen-bond donors (Lipinski definition) is 2. The molecule has 0 saturated carbocycles. The van der Waals surface area contributed by atoms with Crippen LogP contribution in [0.2, 0.25) is 0 Å². The number of hydrogen-bond acceptors (Lipinski definition) is 7. The summed E-state index contributed by atoms with van der Waals surface area (Å²) >= 11 is 0. The predicted molar refractivity (Wildman–Crippen MR) is 62.1 cm³/mol. The van der Waals surface area contributed by atoms with Crippen molar-refractivity contribution in [1.29, 1.82) is 0 Å². The average Bonchev–Trinajstić information content (AvgIpc) is 2.80. The average molecular weight is 285 g/mol.